The molecule has 0 radical (unpaired) electrons. The molecule has 3 rings (SSSR count). The van der Waals surface area contributed by atoms with E-state index in [1.165, 1.54) is 10.4 Å². The van der Waals surface area contributed by atoms with E-state index in [1.54, 1.807) is 20.1 Å². The smallest absolute Gasteiger partial charge is 0.243 e. The van der Waals surface area contributed by atoms with Gasteiger partial charge in [0.05, 0.1) is 27.7 Å². The molecule has 26 heavy (non-hydrogen) atoms. The zero-order valence-corrected chi connectivity index (χ0v) is 16.9. The highest BCUT2D eigenvalue weighted by Crippen LogP contribution is 2.32. The Balaban J connectivity index is 1.80. The third-order valence-corrected chi connectivity index (χ3v) is 7.26. The predicted octanol–water partition coefficient (Wildman–Crippen LogP) is 3.82. The summed E-state index contributed by atoms with van der Waals surface area (Å²) in [5.41, 5.74) is 1.56. The maximum Gasteiger partial charge on any atom is 0.243 e. The summed E-state index contributed by atoms with van der Waals surface area (Å²) in [5, 5.41) is 0.590. The van der Waals surface area contributed by atoms with Gasteiger partial charge in [-0.25, -0.2) is 8.42 Å². The van der Waals surface area contributed by atoms with Crippen LogP contribution in [0.15, 0.2) is 41.3 Å². The Kier molecular flexibility index (Phi) is 5.67. The van der Waals surface area contributed by atoms with Crippen LogP contribution in [0.25, 0.3) is 0 Å². The second-order valence-corrected chi connectivity index (χ2v) is 8.82. The second kappa shape index (κ2) is 7.64. The van der Waals surface area contributed by atoms with Crippen LogP contribution in [0.4, 0.5) is 5.69 Å². The van der Waals surface area contributed by atoms with Crippen molar-refractivity contribution in [3.63, 3.8) is 0 Å². The molecule has 1 fully saturated rings. The van der Waals surface area contributed by atoms with Crippen LogP contribution in [0.5, 0.6) is 5.75 Å². The van der Waals surface area contributed by atoms with E-state index in [0.29, 0.717) is 36.8 Å². The van der Waals surface area contributed by atoms with Crippen LogP contribution >= 0.6 is 23.2 Å². The molecule has 1 aliphatic rings. The Bertz CT molecular complexity index is 911. The van der Waals surface area contributed by atoms with E-state index < -0.39 is 10.0 Å². The van der Waals surface area contributed by atoms with Crippen molar-refractivity contribution in [2.24, 2.45) is 0 Å². The topological polar surface area (TPSA) is 49.9 Å². The molecule has 0 atom stereocenters. The number of ether oxygens (including phenoxy) is 1. The lowest BCUT2D eigenvalue weighted by atomic mass is 10.2. The van der Waals surface area contributed by atoms with Gasteiger partial charge in [0.2, 0.25) is 10.0 Å². The molecule has 1 saturated heterocycles. The first-order valence-corrected chi connectivity index (χ1v) is 10.4. The molecule has 0 bridgehead atoms. The van der Waals surface area contributed by atoms with Crippen LogP contribution < -0.4 is 9.64 Å². The number of hydrogen-bond acceptors (Lipinski definition) is 4. The largest absolute Gasteiger partial charge is 0.495 e. The molecule has 0 saturated carbocycles. The van der Waals surface area contributed by atoms with Gasteiger partial charge < -0.3 is 9.64 Å². The number of benzene rings is 2. The fraction of sp³-hybridized carbons (Fsp3) is 0.333. The van der Waals surface area contributed by atoms with Gasteiger partial charge in [-0.05, 0) is 36.8 Å². The zero-order chi connectivity index (χ0) is 18.9. The van der Waals surface area contributed by atoms with Crippen LogP contribution in [0.2, 0.25) is 10.0 Å². The summed E-state index contributed by atoms with van der Waals surface area (Å²) in [7, 11) is -1.99. The lowest BCUT2D eigenvalue weighted by molar-refractivity contribution is 0.378. The summed E-state index contributed by atoms with van der Waals surface area (Å²) in [6.45, 7) is 3.67. The number of methoxy groups -OCH3 is 1. The average Bonchev–Trinajstić information content (AvgIpc) is 2.64. The Hall–Kier alpha value is -1.47. The number of para-hydroxylation sites is 2. The Morgan fingerprint density at radius 2 is 1.62 bits per heavy atom. The van der Waals surface area contributed by atoms with Crippen molar-refractivity contribution in [3.05, 3.63) is 52.0 Å². The molecule has 0 aromatic heterocycles. The molecule has 1 heterocycles. The molecule has 1 aliphatic heterocycles. The van der Waals surface area contributed by atoms with Gasteiger partial charge >= 0.3 is 0 Å². The van der Waals surface area contributed by atoms with Gasteiger partial charge in [0, 0.05) is 26.2 Å². The minimum absolute atomic E-state index is 0.206. The Morgan fingerprint density at radius 3 is 2.27 bits per heavy atom. The quantitative estimate of drug-likeness (QED) is 0.762. The number of anilines is 1. The molecule has 0 unspecified atom stereocenters. The number of rotatable bonds is 4. The van der Waals surface area contributed by atoms with E-state index in [1.807, 2.05) is 24.3 Å². The van der Waals surface area contributed by atoms with Gasteiger partial charge in [-0.2, -0.15) is 4.31 Å². The highest BCUT2D eigenvalue weighted by Gasteiger charge is 2.30. The van der Waals surface area contributed by atoms with E-state index in [0.717, 1.165) is 11.4 Å². The predicted molar refractivity (Wildman–Crippen MR) is 105 cm³/mol. The lowest BCUT2D eigenvalue weighted by Crippen LogP contribution is -2.48. The number of piperazine rings is 1. The molecule has 0 amide bonds. The maximum absolute atomic E-state index is 13.0. The summed E-state index contributed by atoms with van der Waals surface area (Å²) in [4.78, 5) is 2.34. The van der Waals surface area contributed by atoms with Crippen molar-refractivity contribution in [3.8, 4) is 5.75 Å². The molecule has 0 aliphatic carbocycles. The third-order valence-electron chi connectivity index (χ3n) is 4.50. The number of sulfonamides is 1. The van der Waals surface area contributed by atoms with Crippen molar-refractivity contribution in [2.45, 2.75) is 11.8 Å². The fourth-order valence-electron chi connectivity index (χ4n) is 3.11. The van der Waals surface area contributed by atoms with Crippen LogP contribution in [-0.4, -0.2) is 46.0 Å². The molecule has 140 valence electrons. The molecule has 5 nitrogen and oxygen atoms in total. The molecule has 2 aromatic carbocycles. The van der Waals surface area contributed by atoms with Crippen molar-refractivity contribution in [1.29, 1.82) is 0 Å². The van der Waals surface area contributed by atoms with Crippen LogP contribution in [0.3, 0.4) is 0 Å². The summed E-state index contributed by atoms with van der Waals surface area (Å²) in [6.07, 6.45) is 0. The zero-order valence-electron chi connectivity index (χ0n) is 14.6. The summed E-state index contributed by atoms with van der Waals surface area (Å²) < 4.78 is 32.9. The van der Waals surface area contributed by atoms with Gasteiger partial charge in [-0.3, -0.25) is 0 Å². The monoisotopic (exact) mass is 414 g/mol. The van der Waals surface area contributed by atoms with Crippen molar-refractivity contribution in [2.75, 3.05) is 38.2 Å². The molecule has 0 spiro atoms. The Morgan fingerprint density at radius 1 is 1.00 bits per heavy atom. The van der Waals surface area contributed by atoms with Gasteiger partial charge in [-0.1, -0.05) is 35.3 Å². The summed E-state index contributed by atoms with van der Waals surface area (Å²) >= 11 is 12.0. The highest BCUT2D eigenvalue weighted by atomic mass is 35.5. The van der Waals surface area contributed by atoms with E-state index in [9.17, 15) is 8.42 Å². The third kappa shape index (κ3) is 3.64. The molecule has 8 heteroatoms. The van der Waals surface area contributed by atoms with Gasteiger partial charge in [0.15, 0.2) is 0 Å². The van der Waals surface area contributed by atoms with Crippen molar-refractivity contribution >= 4 is 38.9 Å². The van der Waals surface area contributed by atoms with E-state index in [4.69, 9.17) is 27.9 Å². The maximum atomic E-state index is 13.0. The van der Waals surface area contributed by atoms with Gasteiger partial charge in [0.1, 0.15) is 5.75 Å². The van der Waals surface area contributed by atoms with Gasteiger partial charge in [-0.15, -0.1) is 0 Å². The fourth-order valence-corrected chi connectivity index (χ4v) is 5.21. The normalized spacial score (nSPS) is 15.9. The lowest BCUT2D eigenvalue weighted by Gasteiger charge is -2.36. The number of hydrogen-bond donors (Lipinski definition) is 0. The number of nitrogens with zero attached hydrogens (tertiary/aromatic N) is 2. The minimum atomic E-state index is -3.62. The molecule has 0 N–H and O–H groups in total. The highest BCUT2D eigenvalue weighted by molar-refractivity contribution is 7.89. The van der Waals surface area contributed by atoms with Crippen LogP contribution in [0.1, 0.15) is 5.56 Å². The number of halogens is 2. The molecular weight excluding hydrogens is 395 g/mol. The SMILES string of the molecule is COc1ccccc1N1CCN(S(=O)(=O)c2cc(Cl)c(Cl)cc2C)CC1. The van der Waals surface area contributed by atoms with E-state index in [-0.39, 0.29) is 9.92 Å². The van der Waals surface area contributed by atoms with E-state index in [2.05, 4.69) is 4.90 Å². The van der Waals surface area contributed by atoms with Gasteiger partial charge in [0.25, 0.3) is 0 Å². The minimum Gasteiger partial charge on any atom is -0.495 e. The first-order valence-electron chi connectivity index (χ1n) is 8.18. The molecular formula is C18H20Cl2N2O3S. The standard InChI is InChI=1S/C18H20Cl2N2O3S/c1-13-11-14(19)15(20)12-18(13)26(23,24)22-9-7-21(8-10-22)16-5-3-4-6-17(16)25-2/h3-6,11-12H,7-10H2,1-2H3. The number of aryl methyl sites for hydroxylation is 1. The van der Waals surface area contributed by atoms with Crippen LogP contribution in [-0.2, 0) is 10.0 Å². The summed E-state index contributed by atoms with van der Waals surface area (Å²) in [5.74, 6) is 0.782. The second-order valence-electron chi connectivity index (χ2n) is 6.09. The van der Waals surface area contributed by atoms with E-state index >= 15 is 0 Å². The van der Waals surface area contributed by atoms with Crippen LogP contribution in [0, 0.1) is 6.92 Å². The first-order chi connectivity index (χ1) is 12.3. The Labute approximate surface area is 164 Å². The average molecular weight is 415 g/mol. The summed E-state index contributed by atoms with van der Waals surface area (Å²) in [6, 6.07) is 10.8. The molecule has 2 aromatic rings. The van der Waals surface area contributed by atoms with Crippen molar-refractivity contribution < 1.29 is 13.2 Å². The van der Waals surface area contributed by atoms with Crippen molar-refractivity contribution in [1.82, 2.24) is 4.31 Å². The first kappa shape index (κ1) is 19.3.